The molecule has 1 unspecified atom stereocenters. The SMILES string of the molecule is CC(N[C@H](C)c1ccc(F)cc1)c1ccc(N(C)C)cc1. The number of hydrogen-bond donors (Lipinski definition) is 1. The largest absolute Gasteiger partial charge is 0.378 e. The zero-order chi connectivity index (χ0) is 15.4. The minimum atomic E-state index is -0.196. The molecule has 2 nitrogen and oxygen atoms in total. The smallest absolute Gasteiger partial charge is 0.123 e. The molecule has 2 aromatic rings. The topological polar surface area (TPSA) is 15.3 Å². The maximum Gasteiger partial charge on any atom is 0.123 e. The summed E-state index contributed by atoms with van der Waals surface area (Å²) >= 11 is 0. The van der Waals surface area contributed by atoms with E-state index < -0.39 is 0 Å². The van der Waals surface area contributed by atoms with Crippen molar-refractivity contribution in [1.82, 2.24) is 5.32 Å². The lowest BCUT2D eigenvalue weighted by Gasteiger charge is -2.21. The molecule has 21 heavy (non-hydrogen) atoms. The van der Waals surface area contributed by atoms with E-state index in [1.807, 2.05) is 26.2 Å². The van der Waals surface area contributed by atoms with Crippen LogP contribution in [0.15, 0.2) is 48.5 Å². The van der Waals surface area contributed by atoms with Crippen molar-refractivity contribution < 1.29 is 4.39 Å². The van der Waals surface area contributed by atoms with Gasteiger partial charge >= 0.3 is 0 Å². The van der Waals surface area contributed by atoms with E-state index in [2.05, 4.69) is 48.3 Å². The number of benzene rings is 2. The average Bonchev–Trinajstić information content (AvgIpc) is 2.47. The molecule has 0 fully saturated rings. The Kier molecular flexibility index (Phi) is 4.97. The van der Waals surface area contributed by atoms with Gasteiger partial charge in [-0.25, -0.2) is 4.39 Å². The van der Waals surface area contributed by atoms with Crippen molar-refractivity contribution in [1.29, 1.82) is 0 Å². The fourth-order valence-corrected chi connectivity index (χ4v) is 2.38. The van der Waals surface area contributed by atoms with Gasteiger partial charge < -0.3 is 10.2 Å². The van der Waals surface area contributed by atoms with E-state index in [0.717, 1.165) is 5.56 Å². The summed E-state index contributed by atoms with van der Waals surface area (Å²) in [6.45, 7) is 4.24. The lowest BCUT2D eigenvalue weighted by molar-refractivity contribution is 0.494. The maximum absolute atomic E-state index is 13.0. The van der Waals surface area contributed by atoms with Gasteiger partial charge in [-0.05, 0) is 49.2 Å². The van der Waals surface area contributed by atoms with Crippen LogP contribution in [0.2, 0.25) is 0 Å². The fraction of sp³-hybridized carbons (Fsp3) is 0.333. The molecule has 0 aliphatic heterocycles. The maximum atomic E-state index is 13.0. The Balaban J connectivity index is 2.03. The first-order chi connectivity index (χ1) is 9.97. The minimum Gasteiger partial charge on any atom is -0.378 e. The van der Waals surface area contributed by atoms with Gasteiger partial charge in [-0.2, -0.15) is 0 Å². The normalized spacial score (nSPS) is 13.8. The van der Waals surface area contributed by atoms with Crippen molar-refractivity contribution in [2.75, 3.05) is 19.0 Å². The Morgan fingerprint density at radius 1 is 0.810 bits per heavy atom. The zero-order valence-electron chi connectivity index (χ0n) is 13.1. The number of halogens is 1. The van der Waals surface area contributed by atoms with Crippen molar-refractivity contribution in [3.05, 3.63) is 65.5 Å². The molecule has 2 atom stereocenters. The second-order valence-corrected chi connectivity index (χ2v) is 5.65. The van der Waals surface area contributed by atoms with Crippen LogP contribution in [0, 0.1) is 5.82 Å². The molecule has 0 amide bonds. The molecule has 0 aliphatic carbocycles. The highest BCUT2D eigenvalue weighted by Crippen LogP contribution is 2.21. The highest BCUT2D eigenvalue weighted by molar-refractivity contribution is 5.46. The van der Waals surface area contributed by atoms with Gasteiger partial charge in [-0.15, -0.1) is 0 Å². The fourth-order valence-electron chi connectivity index (χ4n) is 2.38. The highest BCUT2D eigenvalue weighted by atomic mass is 19.1. The van der Waals surface area contributed by atoms with Crippen LogP contribution < -0.4 is 10.2 Å². The van der Waals surface area contributed by atoms with Crippen molar-refractivity contribution in [3.8, 4) is 0 Å². The number of anilines is 1. The second-order valence-electron chi connectivity index (χ2n) is 5.65. The summed E-state index contributed by atoms with van der Waals surface area (Å²) in [5.74, 6) is -0.196. The molecule has 3 heteroatoms. The Labute approximate surface area is 126 Å². The van der Waals surface area contributed by atoms with E-state index in [1.54, 1.807) is 0 Å². The Morgan fingerprint density at radius 2 is 1.24 bits per heavy atom. The zero-order valence-corrected chi connectivity index (χ0v) is 13.1. The van der Waals surface area contributed by atoms with Gasteiger partial charge in [0.25, 0.3) is 0 Å². The lowest BCUT2D eigenvalue weighted by Crippen LogP contribution is -2.22. The summed E-state index contributed by atoms with van der Waals surface area (Å²) in [6, 6.07) is 15.6. The number of rotatable bonds is 5. The molecule has 0 saturated carbocycles. The predicted molar refractivity (Wildman–Crippen MR) is 87.1 cm³/mol. The molecule has 2 aromatic carbocycles. The van der Waals surface area contributed by atoms with Crippen LogP contribution in [0.3, 0.4) is 0 Å². The standard InChI is InChI=1S/C18H23FN2/c1-13(15-5-9-17(19)10-6-15)20-14(2)16-7-11-18(12-8-16)21(3)4/h5-14,20H,1-4H3/t13-,14?/m1/s1. The van der Waals surface area contributed by atoms with Crippen LogP contribution >= 0.6 is 0 Å². The van der Waals surface area contributed by atoms with E-state index >= 15 is 0 Å². The predicted octanol–water partition coefficient (Wildman–Crippen LogP) is 4.30. The van der Waals surface area contributed by atoms with Crippen LogP contribution in [-0.2, 0) is 0 Å². The summed E-state index contributed by atoms with van der Waals surface area (Å²) in [5, 5.41) is 3.54. The molecule has 0 saturated heterocycles. The summed E-state index contributed by atoms with van der Waals surface area (Å²) in [4.78, 5) is 2.09. The van der Waals surface area contributed by atoms with Gasteiger partial charge in [0.05, 0.1) is 0 Å². The quantitative estimate of drug-likeness (QED) is 0.881. The van der Waals surface area contributed by atoms with Gasteiger partial charge in [0.2, 0.25) is 0 Å². The third kappa shape index (κ3) is 4.05. The first kappa shape index (κ1) is 15.5. The molecule has 0 spiro atoms. The van der Waals surface area contributed by atoms with Gasteiger partial charge in [-0.3, -0.25) is 0 Å². The summed E-state index contributed by atoms with van der Waals surface area (Å²) in [7, 11) is 4.07. The molecule has 1 N–H and O–H groups in total. The molecular formula is C18H23FN2. The molecule has 0 heterocycles. The second kappa shape index (κ2) is 6.72. The first-order valence-electron chi connectivity index (χ1n) is 7.26. The molecule has 0 bridgehead atoms. The van der Waals surface area contributed by atoms with Crippen LogP contribution in [0.5, 0.6) is 0 Å². The van der Waals surface area contributed by atoms with Gasteiger partial charge in [0.15, 0.2) is 0 Å². The van der Waals surface area contributed by atoms with E-state index in [9.17, 15) is 4.39 Å². The third-order valence-corrected chi connectivity index (χ3v) is 3.78. The van der Waals surface area contributed by atoms with Crippen molar-refractivity contribution >= 4 is 5.69 Å². The van der Waals surface area contributed by atoms with Crippen molar-refractivity contribution in [2.45, 2.75) is 25.9 Å². The third-order valence-electron chi connectivity index (χ3n) is 3.78. The van der Waals surface area contributed by atoms with E-state index in [0.29, 0.717) is 0 Å². The monoisotopic (exact) mass is 286 g/mol. The first-order valence-corrected chi connectivity index (χ1v) is 7.26. The Bertz CT molecular complexity index is 561. The number of hydrogen-bond acceptors (Lipinski definition) is 2. The summed E-state index contributed by atoms with van der Waals surface area (Å²) in [6.07, 6.45) is 0. The number of nitrogens with zero attached hydrogens (tertiary/aromatic N) is 1. The minimum absolute atomic E-state index is 0.175. The van der Waals surface area contributed by atoms with Gasteiger partial charge in [0.1, 0.15) is 5.82 Å². The molecular weight excluding hydrogens is 263 g/mol. The molecule has 112 valence electrons. The highest BCUT2D eigenvalue weighted by Gasteiger charge is 2.11. The Morgan fingerprint density at radius 3 is 1.67 bits per heavy atom. The Hall–Kier alpha value is -1.87. The molecule has 0 aliphatic rings. The van der Waals surface area contributed by atoms with E-state index in [1.165, 1.54) is 23.4 Å². The van der Waals surface area contributed by atoms with Crippen LogP contribution in [0.4, 0.5) is 10.1 Å². The summed E-state index contributed by atoms with van der Waals surface area (Å²) in [5.41, 5.74) is 3.53. The van der Waals surface area contributed by atoms with Gasteiger partial charge in [-0.1, -0.05) is 24.3 Å². The molecule has 0 radical (unpaired) electrons. The average molecular weight is 286 g/mol. The van der Waals surface area contributed by atoms with Crippen LogP contribution in [0.25, 0.3) is 0 Å². The summed E-state index contributed by atoms with van der Waals surface area (Å²) < 4.78 is 13.0. The molecule has 0 aromatic heterocycles. The van der Waals surface area contributed by atoms with E-state index in [-0.39, 0.29) is 17.9 Å². The van der Waals surface area contributed by atoms with Crippen LogP contribution in [-0.4, -0.2) is 14.1 Å². The van der Waals surface area contributed by atoms with Crippen molar-refractivity contribution in [2.24, 2.45) is 0 Å². The van der Waals surface area contributed by atoms with E-state index in [4.69, 9.17) is 0 Å². The lowest BCUT2D eigenvalue weighted by atomic mass is 10.0. The van der Waals surface area contributed by atoms with Crippen LogP contribution in [0.1, 0.15) is 37.1 Å². The molecule has 2 rings (SSSR count). The number of nitrogens with one attached hydrogen (secondary N) is 1. The van der Waals surface area contributed by atoms with Gasteiger partial charge in [0, 0.05) is 31.9 Å². The van der Waals surface area contributed by atoms with Crippen molar-refractivity contribution in [3.63, 3.8) is 0 Å².